The molecule has 0 aliphatic rings. The van der Waals surface area contributed by atoms with Crippen molar-refractivity contribution in [2.75, 3.05) is 11.9 Å². The number of hydrogen-bond acceptors (Lipinski definition) is 4. The van der Waals surface area contributed by atoms with Crippen LogP contribution in [0, 0.1) is 21.7 Å². The summed E-state index contributed by atoms with van der Waals surface area (Å²) < 4.78 is 26.1. The van der Waals surface area contributed by atoms with E-state index in [1.54, 1.807) is 0 Å². The van der Waals surface area contributed by atoms with E-state index in [0.717, 1.165) is 12.1 Å². The maximum atomic E-state index is 13.2. The van der Waals surface area contributed by atoms with Gasteiger partial charge in [-0.15, -0.1) is 0 Å². The van der Waals surface area contributed by atoms with Crippen LogP contribution >= 0.6 is 0 Å². The fourth-order valence-corrected chi connectivity index (χ4v) is 1.70. The van der Waals surface area contributed by atoms with Crippen LogP contribution in [0.15, 0.2) is 30.3 Å². The Morgan fingerprint density at radius 2 is 2.00 bits per heavy atom. The van der Waals surface area contributed by atoms with Crippen molar-refractivity contribution in [2.24, 2.45) is 0 Å². The van der Waals surface area contributed by atoms with Gasteiger partial charge in [0.15, 0.2) is 11.6 Å². The van der Waals surface area contributed by atoms with Crippen molar-refractivity contribution in [3.8, 4) is 11.3 Å². The molecule has 5 nitrogen and oxygen atoms in total. The molecule has 0 fully saturated rings. The van der Waals surface area contributed by atoms with Crippen molar-refractivity contribution in [1.29, 1.82) is 0 Å². The zero-order valence-corrected chi connectivity index (χ0v) is 10.6. The van der Waals surface area contributed by atoms with E-state index in [1.807, 2.05) is 6.92 Å². The third-order valence-corrected chi connectivity index (χ3v) is 2.59. The second kappa shape index (κ2) is 5.60. The molecule has 1 N–H and O–H groups in total. The molecule has 0 atom stereocenters. The Bertz CT molecular complexity index is 662. The molecule has 0 aliphatic heterocycles. The minimum Gasteiger partial charge on any atom is -0.370 e. The van der Waals surface area contributed by atoms with E-state index in [1.165, 1.54) is 18.2 Å². The average molecular weight is 279 g/mol. The number of halogens is 2. The Labute approximate surface area is 113 Å². The van der Waals surface area contributed by atoms with E-state index in [0.29, 0.717) is 12.4 Å². The summed E-state index contributed by atoms with van der Waals surface area (Å²) in [4.78, 5) is 14.5. The maximum absolute atomic E-state index is 13.2. The number of benzene rings is 1. The lowest BCUT2D eigenvalue weighted by molar-refractivity contribution is -0.384. The number of aromatic nitrogens is 1. The van der Waals surface area contributed by atoms with E-state index < -0.39 is 16.6 Å². The summed E-state index contributed by atoms with van der Waals surface area (Å²) in [7, 11) is 0. The summed E-state index contributed by atoms with van der Waals surface area (Å²) in [5, 5.41) is 13.7. The summed E-state index contributed by atoms with van der Waals surface area (Å²) in [5.41, 5.74) is 0.302. The van der Waals surface area contributed by atoms with Gasteiger partial charge in [0, 0.05) is 18.2 Å². The molecule has 0 spiro atoms. The number of nitrogens with zero attached hydrogens (tertiary/aromatic N) is 2. The van der Waals surface area contributed by atoms with Crippen molar-refractivity contribution in [3.63, 3.8) is 0 Å². The predicted octanol–water partition coefficient (Wildman–Crippen LogP) is 3.37. The molecule has 0 aliphatic carbocycles. The second-order valence-corrected chi connectivity index (χ2v) is 4.01. The molecule has 0 saturated heterocycles. The molecule has 0 saturated carbocycles. The van der Waals surface area contributed by atoms with Gasteiger partial charge >= 0.3 is 0 Å². The molecule has 0 bridgehead atoms. The number of nitro groups is 1. The zero-order valence-electron chi connectivity index (χ0n) is 10.6. The molecule has 0 radical (unpaired) electrons. The largest absolute Gasteiger partial charge is 0.370 e. The Hall–Kier alpha value is -2.57. The Morgan fingerprint density at radius 1 is 1.25 bits per heavy atom. The smallest absolute Gasteiger partial charge is 0.275 e. The van der Waals surface area contributed by atoms with Gasteiger partial charge in [0.2, 0.25) is 0 Å². The van der Waals surface area contributed by atoms with Gasteiger partial charge in [-0.05, 0) is 25.1 Å². The third-order valence-electron chi connectivity index (χ3n) is 2.59. The highest BCUT2D eigenvalue weighted by Crippen LogP contribution is 2.26. The summed E-state index contributed by atoms with van der Waals surface area (Å²) >= 11 is 0. The first-order valence-electron chi connectivity index (χ1n) is 5.87. The van der Waals surface area contributed by atoms with Crippen LogP contribution < -0.4 is 5.32 Å². The topological polar surface area (TPSA) is 68.1 Å². The highest BCUT2D eigenvalue weighted by atomic mass is 19.2. The van der Waals surface area contributed by atoms with E-state index in [9.17, 15) is 18.9 Å². The second-order valence-electron chi connectivity index (χ2n) is 4.01. The standard InChI is InChI=1S/C13H11F2N3O2/c1-2-16-13-7-9(18(19)20)6-12(17-13)8-3-4-10(14)11(15)5-8/h3-7H,2H2,1H3,(H,16,17). The molecular formula is C13H11F2N3O2. The van der Waals surface area contributed by atoms with Gasteiger partial charge in [0.1, 0.15) is 5.82 Å². The summed E-state index contributed by atoms with van der Waals surface area (Å²) in [6.45, 7) is 2.35. The normalized spacial score (nSPS) is 10.3. The first-order chi connectivity index (χ1) is 9.51. The lowest BCUT2D eigenvalue weighted by atomic mass is 10.1. The van der Waals surface area contributed by atoms with Crippen LogP contribution in [0.3, 0.4) is 0 Å². The SMILES string of the molecule is CCNc1cc([N+](=O)[O-])cc(-c2ccc(F)c(F)c2)n1. The predicted molar refractivity (Wildman–Crippen MR) is 70.4 cm³/mol. The molecule has 1 heterocycles. The Morgan fingerprint density at radius 3 is 2.60 bits per heavy atom. The molecule has 104 valence electrons. The fraction of sp³-hybridized carbons (Fsp3) is 0.154. The lowest BCUT2D eigenvalue weighted by Crippen LogP contribution is -2.02. The molecule has 20 heavy (non-hydrogen) atoms. The number of pyridine rings is 1. The lowest BCUT2D eigenvalue weighted by Gasteiger charge is -2.06. The van der Waals surface area contributed by atoms with Gasteiger partial charge in [-0.25, -0.2) is 13.8 Å². The molecule has 2 aromatic rings. The van der Waals surface area contributed by atoms with Gasteiger partial charge in [-0.2, -0.15) is 0 Å². The van der Waals surface area contributed by atoms with Gasteiger partial charge in [-0.1, -0.05) is 0 Å². The molecule has 1 aromatic heterocycles. The van der Waals surface area contributed by atoms with E-state index in [-0.39, 0.29) is 16.9 Å². The summed E-state index contributed by atoms with van der Waals surface area (Å²) in [6, 6.07) is 5.73. The van der Waals surface area contributed by atoms with Crippen LogP contribution in [0.5, 0.6) is 0 Å². The van der Waals surface area contributed by atoms with Crippen LogP contribution in [0.2, 0.25) is 0 Å². The van der Waals surface area contributed by atoms with Crippen molar-refractivity contribution < 1.29 is 13.7 Å². The van der Waals surface area contributed by atoms with Crippen molar-refractivity contribution in [2.45, 2.75) is 6.92 Å². The zero-order chi connectivity index (χ0) is 14.7. The van der Waals surface area contributed by atoms with Gasteiger partial charge in [0.05, 0.1) is 16.7 Å². The highest BCUT2D eigenvalue weighted by Gasteiger charge is 2.13. The van der Waals surface area contributed by atoms with Crippen LogP contribution in [0.25, 0.3) is 11.3 Å². The average Bonchev–Trinajstić information content (AvgIpc) is 2.42. The van der Waals surface area contributed by atoms with Gasteiger partial charge < -0.3 is 5.32 Å². The quantitative estimate of drug-likeness (QED) is 0.688. The van der Waals surface area contributed by atoms with Crippen molar-refractivity contribution in [1.82, 2.24) is 4.98 Å². The highest BCUT2D eigenvalue weighted by molar-refractivity contribution is 5.65. The minimum atomic E-state index is -1.03. The fourth-order valence-electron chi connectivity index (χ4n) is 1.70. The van der Waals surface area contributed by atoms with Gasteiger partial charge in [-0.3, -0.25) is 10.1 Å². The van der Waals surface area contributed by atoms with E-state index in [2.05, 4.69) is 10.3 Å². The molecule has 0 amide bonds. The number of nitrogens with one attached hydrogen (secondary N) is 1. The number of rotatable bonds is 4. The maximum Gasteiger partial charge on any atom is 0.275 e. The number of hydrogen-bond donors (Lipinski definition) is 1. The number of anilines is 1. The molecule has 0 unspecified atom stereocenters. The van der Waals surface area contributed by atoms with E-state index in [4.69, 9.17) is 0 Å². The first kappa shape index (κ1) is 13.9. The molecular weight excluding hydrogens is 268 g/mol. The van der Waals surface area contributed by atoms with Crippen LogP contribution in [-0.4, -0.2) is 16.5 Å². The van der Waals surface area contributed by atoms with Crippen LogP contribution in [0.4, 0.5) is 20.3 Å². The first-order valence-corrected chi connectivity index (χ1v) is 5.87. The Balaban J connectivity index is 2.53. The van der Waals surface area contributed by atoms with Crippen LogP contribution in [0.1, 0.15) is 6.92 Å². The monoisotopic (exact) mass is 279 g/mol. The summed E-state index contributed by atoms with van der Waals surface area (Å²) in [6.07, 6.45) is 0. The minimum absolute atomic E-state index is 0.171. The van der Waals surface area contributed by atoms with Gasteiger partial charge in [0.25, 0.3) is 5.69 Å². The van der Waals surface area contributed by atoms with Crippen LogP contribution in [-0.2, 0) is 0 Å². The summed E-state index contributed by atoms with van der Waals surface area (Å²) in [5.74, 6) is -1.70. The molecule has 1 aromatic carbocycles. The molecule has 2 rings (SSSR count). The third kappa shape index (κ3) is 2.87. The van der Waals surface area contributed by atoms with Crippen molar-refractivity contribution in [3.05, 3.63) is 52.1 Å². The Kier molecular flexibility index (Phi) is 3.88. The van der Waals surface area contributed by atoms with E-state index >= 15 is 0 Å². The van der Waals surface area contributed by atoms with Crippen molar-refractivity contribution >= 4 is 11.5 Å². The molecule has 7 heteroatoms.